The summed E-state index contributed by atoms with van der Waals surface area (Å²) in [6.45, 7) is 3.82. The van der Waals surface area contributed by atoms with E-state index in [1.165, 1.54) is 17.3 Å². The Morgan fingerprint density at radius 3 is 2.71 bits per heavy atom. The first-order valence-electron chi connectivity index (χ1n) is 4.25. The molecule has 0 fully saturated rings. The number of rotatable bonds is 4. The van der Waals surface area contributed by atoms with Gasteiger partial charge in [0.2, 0.25) is 0 Å². The predicted octanol–water partition coefficient (Wildman–Crippen LogP) is 0.127. The van der Waals surface area contributed by atoms with Crippen LogP contribution < -0.4 is 0 Å². The molecule has 78 valence electrons. The van der Waals surface area contributed by atoms with Crippen LogP contribution in [0.5, 0.6) is 0 Å². The van der Waals surface area contributed by atoms with Gasteiger partial charge < -0.3 is 10.3 Å². The van der Waals surface area contributed by atoms with E-state index in [0.29, 0.717) is 12.3 Å². The molecule has 1 heterocycles. The number of hydrogen-bond acceptors (Lipinski definition) is 5. The van der Waals surface area contributed by atoms with Crippen molar-refractivity contribution < 1.29 is 10.3 Å². The van der Waals surface area contributed by atoms with Crippen LogP contribution >= 0.6 is 0 Å². The van der Waals surface area contributed by atoms with Crippen LogP contribution in [0.4, 0.5) is 0 Å². The van der Waals surface area contributed by atoms with Gasteiger partial charge in [0.05, 0.1) is 18.9 Å². The van der Waals surface area contributed by atoms with E-state index < -0.39 is 5.41 Å². The van der Waals surface area contributed by atoms with E-state index in [-0.39, 0.29) is 6.61 Å². The van der Waals surface area contributed by atoms with E-state index in [0.717, 1.165) is 0 Å². The van der Waals surface area contributed by atoms with Crippen LogP contribution in [-0.2, 0) is 6.54 Å². The van der Waals surface area contributed by atoms with Crippen LogP contribution in [0, 0.1) is 5.41 Å². The Balaban J connectivity index is 2.75. The van der Waals surface area contributed by atoms with Gasteiger partial charge in [-0.25, -0.2) is 9.67 Å². The molecule has 0 spiro atoms. The summed E-state index contributed by atoms with van der Waals surface area (Å²) < 4.78 is 1.53. The molecule has 0 aliphatic heterocycles. The van der Waals surface area contributed by atoms with Crippen molar-refractivity contribution in [3.8, 4) is 0 Å². The van der Waals surface area contributed by atoms with E-state index >= 15 is 0 Å². The Morgan fingerprint density at radius 2 is 2.29 bits per heavy atom. The lowest BCUT2D eigenvalue weighted by atomic mass is 9.88. The van der Waals surface area contributed by atoms with Gasteiger partial charge in [0.15, 0.2) is 0 Å². The van der Waals surface area contributed by atoms with Crippen LogP contribution in [0.1, 0.15) is 13.8 Å². The second kappa shape index (κ2) is 4.19. The van der Waals surface area contributed by atoms with Crippen molar-refractivity contribution in [3.63, 3.8) is 0 Å². The Bertz CT molecular complexity index is 305. The molecule has 2 N–H and O–H groups in total. The molecule has 1 aromatic heterocycles. The standard InChI is InChI=1S/C8H14N4O2/c1-8(2,4-13)7(11-14)3-12-6-9-5-10-12/h5-6,13-14H,3-4H2,1-2H3/b11-7-. The normalized spacial score (nSPS) is 13.2. The van der Waals surface area contributed by atoms with Crippen molar-refractivity contribution in [1.82, 2.24) is 14.8 Å². The van der Waals surface area contributed by atoms with Gasteiger partial charge in [0.25, 0.3) is 0 Å². The number of aliphatic hydroxyl groups excluding tert-OH is 1. The summed E-state index contributed by atoms with van der Waals surface area (Å²) in [4.78, 5) is 3.77. The third-order valence-electron chi connectivity index (χ3n) is 2.08. The summed E-state index contributed by atoms with van der Waals surface area (Å²) in [5.74, 6) is 0. The first-order valence-corrected chi connectivity index (χ1v) is 4.25. The third-order valence-corrected chi connectivity index (χ3v) is 2.08. The maximum atomic E-state index is 9.09. The fraction of sp³-hybridized carbons (Fsp3) is 0.625. The van der Waals surface area contributed by atoms with Gasteiger partial charge >= 0.3 is 0 Å². The lowest BCUT2D eigenvalue weighted by Crippen LogP contribution is -2.32. The van der Waals surface area contributed by atoms with E-state index in [1.807, 2.05) is 0 Å². The smallest absolute Gasteiger partial charge is 0.137 e. The molecule has 0 atom stereocenters. The van der Waals surface area contributed by atoms with Crippen molar-refractivity contribution in [2.24, 2.45) is 10.6 Å². The molecule has 0 aliphatic rings. The highest BCUT2D eigenvalue weighted by atomic mass is 16.4. The maximum Gasteiger partial charge on any atom is 0.137 e. The molecule has 1 rings (SSSR count). The minimum Gasteiger partial charge on any atom is -0.411 e. The molecule has 0 radical (unpaired) electrons. The Morgan fingerprint density at radius 1 is 1.57 bits per heavy atom. The van der Waals surface area contributed by atoms with Crippen molar-refractivity contribution in [3.05, 3.63) is 12.7 Å². The molecule has 0 unspecified atom stereocenters. The highest BCUT2D eigenvalue weighted by Gasteiger charge is 2.25. The number of aromatic nitrogens is 3. The van der Waals surface area contributed by atoms with Crippen molar-refractivity contribution >= 4 is 5.71 Å². The second-order valence-electron chi connectivity index (χ2n) is 3.68. The number of nitrogens with zero attached hydrogens (tertiary/aromatic N) is 4. The molecule has 14 heavy (non-hydrogen) atoms. The van der Waals surface area contributed by atoms with Gasteiger partial charge in [-0.05, 0) is 0 Å². The first-order chi connectivity index (χ1) is 6.60. The van der Waals surface area contributed by atoms with Gasteiger partial charge in [-0.15, -0.1) is 0 Å². The van der Waals surface area contributed by atoms with Crippen LogP contribution in [0.15, 0.2) is 17.8 Å². The lowest BCUT2D eigenvalue weighted by molar-refractivity contribution is 0.203. The molecule has 0 aromatic carbocycles. The topological polar surface area (TPSA) is 83.5 Å². The molecule has 0 amide bonds. The minimum atomic E-state index is -0.555. The van der Waals surface area contributed by atoms with Gasteiger partial charge in [-0.3, -0.25) is 0 Å². The zero-order chi connectivity index (χ0) is 10.6. The average Bonchev–Trinajstić information content (AvgIpc) is 2.66. The predicted molar refractivity (Wildman–Crippen MR) is 50.1 cm³/mol. The monoisotopic (exact) mass is 198 g/mol. The Labute approximate surface area is 81.9 Å². The van der Waals surface area contributed by atoms with Crippen LogP contribution in [0.2, 0.25) is 0 Å². The van der Waals surface area contributed by atoms with Gasteiger partial charge in [0.1, 0.15) is 12.7 Å². The van der Waals surface area contributed by atoms with Crippen LogP contribution in [0.3, 0.4) is 0 Å². The zero-order valence-electron chi connectivity index (χ0n) is 8.25. The fourth-order valence-electron chi connectivity index (χ4n) is 0.940. The molecule has 0 aliphatic carbocycles. The Kier molecular flexibility index (Phi) is 3.19. The molecule has 0 saturated carbocycles. The highest BCUT2D eigenvalue weighted by molar-refractivity contribution is 5.88. The summed E-state index contributed by atoms with van der Waals surface area (Å²) in [5.41, 5.74) is -0.0914. The summed E-state index contributed by atoms with van der Waals surface area (Å²) in [6.07, 6.45) is 2.93. The molecular formula is C8H14N4O2. The minimum absolute atomic E-state index is 0.0823. The molecular weight excluding hydrogens is 184 g/mol. The third kappa shape index (κ3) is 2.29. The van der Waals surface area contributed by atoms with Crippen molar-refractivity contribution in [2.75, 3.05) is 6.61 Å². The average molecular weight is 198 g/mol. The van der Waals surface area contributed by atoms with Gasteiger partial charge in [0, 0.05) is 5.41 Å². The van der Waals surface area contributed by atoms with E-state index in [2.05, 4.69) is 15.2 Å². The van der Waals surface area contributed by atoms with Crippen molar-refractivity contribution in [2.45, 2.75) is 20.4 Å². The van der Waals surface area contributed by atoms with E-state index in [4.69, 9.17) is 10.3 Å². The SMILES string of the molecule is CC(C)(CO)/C(Cn1cncn1)=N\O. The number of aliphatic hydroxyl groups is 1. The zero-order valence-corrected chi connectivity index (χ0v) is 8.25. The maximum absolute atomic E-state index is 9.09. The second-order valence-corrected chi connectivity index (χ2v) is 3.68. The lowest BCUT2D eigenvalue weighted by Gasteiger charge is -2.22. The van der Waals surface area contributed by atoms with Gasteiger partial charge in [-0.2, -0.15) is 5.10 Å². The Hall–Kier alpha value is -1.43. The molecule has 1 aromatic rings. The quantitative estimate of drug-likeness (QED) is 0.409. The molecule has 0 saturated heterocycles. The van der Waals surface area contributed by atoms with Gasteiger partial charge in [-0.1, -0.05) is 19.0 Å². The molecule has 0 bridgehead atoms. The highest BCUT2D eigenvalue weighted by Crippen LogP contribution is 2.17. The number of hydrogen-bond donors (Lipinski definition) is 2. The first kappa shape index (κ1) is 10.6. The van der Waals surface area contributed by atoms with E-state index in [9.17, 15) is 0 Å². The van der Waals surface area contributed by atoms with E-state index in [1.54, 1.807) is 13.8 Å². The fourth-order valence-corrected chi connectivity index (χ4v) is 0.940. The largest absolute Gasteiger partial charge is 0.411 e. The number of oxime groups is 1. The van der Waals surface area contributed by atoms with Crippen LogP contribution in [-0.4, -0.2) is 37.4 Å². The molecule has 6 nitrogen and oxygen atoms in total. The molecule has 6 heteroatoms. The van der Waals surface area contributed by atoms with Crippen LogP contribution in [0.25, 0.3) is 0 Å². The summed E-state index contributed by atoms with van der Waals surface area (Å²) >= 11 is 0. The van der Waals surface area contributed by atoms with Crippen molar-refractivity contribution in [1.29, 1.82) is 0 Å². The summed E-state index contributed by atoms with van der Waals surface area (Å²) in [5, 5.41) is 25.0. The summed E-state index contributed by atoms with van der Waals surface area (Å²) in [7, 11) is 0. The summed E-state index contributed by atoms with van der Waals surface area (Å²) in [6, 6.07) is 0.